The molecule has 2 amide bonds. The number of hydrogen-bond acceptors (Lipinski definition) is 2. The van der Waals surface area contributed by atoms with Gasteiger partial charge in [0.15, 0.2) is 0 Å². The summed E-state index contributed by atoms with van der Waals surface area (Å²) in [5.41, 5.74) is 0. The zero-order valence-electron chi connectivity index (χ0n) is 6.76. The molecule has 0 bridgehead atoms. The van der Waals surface area contributed by atoms with Crippen LogP contribution in [0.25, 0.3) is 0 Å². The molecule has 1 saturated heterocycles. The average molecular weight is 156 g/mol. The highest BCUT2D eigenvalue weighted by molar-refractivity contribution is 5.94. The van der Waals surface area contributed by atoms with Crippen LogP contribution in [0.15, 0.2) is 0 Å². The number of carbonyl (C=O) groups excluding carboxylic acids is 2. The molecular formula is C7H12N2O2. The van der Waals surface area contributed by atoms with E-state index in [-0.39, 0.29) is 24.4 Å². The van der Waals surface area contributed by atoms with Gasteiger partial charge >= 0.3 is 0 Å². The molecule has 1 unspecified atom stereocenters. The second-order valence-corrected chi connectivity index (χ2v) is 2.72. The molecule has 1 aliphatic rings. The summed E-state index contributed by atoms with van der Waals surface area (Å²) in [6.07, 6.45) is 0.662. The van der Waals surface area contributed by atoms with Crippen LogP contribution < -0.4 is 5.32 Å². The first-order valence-corrected chi connectivity index (χ1v) is 3.69. The van der Waals surface area contributed by atoms with Gasteiger partial charge in [0.05, 0.1) is 6.54 Å². The molecule has 0 spiro atoms. The second kappa shape index (κ2) is 2.90. The summed E-state index contributed by atoms with van der Waals surface area (Å²) in [7, 11) is 1.64. The first-order chi connectivity index (χ1) is 5.15. The number of nitrogens with one attached hydrogen (secondary N) is 1. The van der Waals surface area contributed by atoms with Crippen molar-refractivity contribution in [2.45, 2.75) is 19.4 Å². The summed E-state index contributed by atoms with van der Waals surface area (Å²) < 4.78 is 0. The van der Waals surface area contributed by atoms with E-state index in [9.17, 15) is 9.59 Å². The van der Waals surface area contributed by atoms with Crippen LogP contribution >= 0.6 is 0 Å². The number of likely N-dealkylation sites (N-methyl/N-ethyl adjacent to an activating group) is 1. The van der Waals surface area contributed by atoms with Crippen molar-refractivity contribution in [3.63, 3.8) is 0 Å². The van der Waals surface area contributed by atoms with Crippen molar-refractivity contribution >= 4 is 11.8 Å². The predicted molar refractivity (Wildman–Crippen MR) is 39.9 cm³/mol. The number of amides is 2. The van der Waals surface area contributed by atoms with Gasteiger partial charge in [-0.3, -0.25) is 9.59 Å². The van der Waals surface area contributed by atoms with Crippen LogP contribution in [0.5, 0.6) is 0 Å². The molecule has 1 heterocycles. The fourth-order valence-electron chi connectivity index (χ4n) is 1.14. The van der Waals surface area contributed by atoms with E-state index in [1.165, 1.54) is 4.90 Å². The largest absolute Gasteiger partial charge is 0.343 e. The molecule has 11 heavy (non-hydrogen) atoms. The van der Waals surface area contributed by atoms with Crippen LogP contribution in [-0.2, 0) is 9.59 Å². The van der Waals surface area contributed by atoms with Crippen molar-refractivity contribution in [3.05, 3.63) is 0 Å². The monoisotopic (exact) mass is 156 g/mol. The Bertz CT molecular complexity index is 191. The summed E-state index contributed by atoms with van der Waals surface area (Å²) >= 11 is 0. The molecule has 62 valence electrons. The van der Waals surface area contributed by atoms with E-state index < -0.39 is 0 Å². The standard InChI is InChI=1S/C7H12N2O2/c1-3-5-7(11)9(2)4-6(10)8-5/h5H,3-4H2,1-2H3,(H,8,10). The van der Waals surface area contributed by atoms with Crippen LogP contribution in [0.2, 0.25) is 0 Å². The summed E-state index contributed by atoms with van der Waals surface area (Å²) in [4.78, 5) is 23.5. The lowest BCUT2D eigenvalue weighted by atomic mass is 10.1. The van der Waals surface area contributed by atoms with Crippen molar-refractivity contribution in [2.24, 2.45) is 0 Å². The Hall–Kier alpha value is -1.06. The summed E-state index contributed by atoms with van der Waals surface area (Å²) in [6.45, 7) is 2.07. The smallest absolute Gasteiger partial charge is 0.245 e. The number of piperazine rings is 1. The molecule has 1 aliphatic heterocycles. The maximum atomic E-state index is 11.2. The molecule has 4 nitrogen and oxygen atoms in total. The van der Waals surface area contributed by atoms with Crippen LogP contribution in [0, 0.1) is 0 Å². The van der Waals surface area contributed by atoms with E-state index >= 15 is 0 Å². The lowest BCUT2D eigenvalue weighted by molar-refractivity contribution is -0.142. The molecule has 0 aromatic carbocycles. The van der Waals surface area contributed by atoms with Gasteiger partial charge in [-0.15, -0.1) is 0 Å². The molecule has 1 rings (SSSR count). The maximum absolute atomic E-state index is 11.2. The normalized spacial score (nSPS) is 25.3. The Balaban J connectivity index is 2.66. The fraction of sp³-hybridized carbons (Fsp3) is 0.714. The van der Waals surface area contributed by atoms with Gasteiger partial charge in [0, 0.05) is 7.05 Å². The molecule has 1 N–H and O–H groups in total. The van der Waals surface area contributed by atoms with Crippen LogP contribution in [0.1, 0.15) is 13.3 Å². The van der Waals surface area contributed by atoms with Crippen LogP contribution in [0.4, 0.5) is 0 Å². The minimum atomic E-state index is -0.304. The van der Waals surface area contributed by atoms with Crippen molar-refractivity contribution in [2.75, 3.05) is 13.6 Å². The van der Waals surface area contributed by atoms with Crippen molar-refractivity contribution in [1.29, 1.82) is 0 Å². The van der Waals surface area contributed by atoms with E-state index in [1.807, 2.05) is 6.92 Å². The van der Waals surface area contributed by atoms with Gasteiger partial charge in [0.25, 0.3) is 0 Å². The topological polar surface area (TPSA) is 49.4 Å². The number of hydrogen-bond donors (Lipinski definition) is 1. The molecule has 0 aromatic rings. The zero-order valence-corrected chi connectivity index (χ0v) is 6.76. The van der Waals surface area contributed by atoms with Crippen molar-refractivity contribution in [1.82, 2.24) is 10.2 Å². The van der Waals surface area contributed by atoms with Gasteiger partial charge in [-0.2, -0.15) is 0 Å². The molecule has 0 saturated carbocycles. The van der Waals surface area contributed by atoms with E-state index in [1.54, 1.807) is 7.05 Å². The first-order valence-electron chi connectivity index (χ1n) is 3.69. The van der Waals surface area contributed by atoms with E-state index in [0.29, 0.717) is 6.42 Å². The summed E-state index contributed by atoms with van der Waals surface area (Å²) in [6, 6.07) is -0.304. The minimum absolute atomic E-state index is 0.00657. The molecule has 0 aliphatic carbocycles. The van der Waals surface area contributed by atoms with Crippen LogP contribution in [0.3, 0.4) is 0 Å². The van der Waals surface area contributed by atoms with Gasteiger partial charge in [-0.25, -0.2) is 0 Å². The Labute approximate surface area is 65.6 Å². The number of carbonyl (C=O) groups is 2. The molecular weight excluding hydrogens is 144 g/mol. The third-order valence-electron chi connectivity index (χ3n) is 1.80. The van der Waals surface area contributed by atoms with E-state index in [0.717, 1.165) is 0 Å². The quantitative estimate of drug-likeness (QED) is 0.548. The van der Waals surface area contributed by atoms with Gasteiger partial charge in [0.1, 0.15) is 6.04 Å². The minimum Gasteiger partial charge on any atom is -0.343 e. The average Bonchev–Trinajstić information content (AvgIpc) is 1.96. The van der Waals surface area contributed by atoms with Gasteiger partial charge < -0.3 is 10.2 Å². The molecule has 1 fully saturated rings. The van der Waals surface area contributed by atoms with Gasteiger partial charge in [0.2, 0.25) is 11.8 Å². The summed E-state index contributed by atoms with van der Waals surface area (Å²) in [5, 5.41) is 2.62. The highest BCUT2D eigenvalue weighted by atomic mass is 16.2. The van der Waals surface area contributed by atoms with Crippen LogP contribution in [-0.4, -0.2) is 36.3 Å². The number of rotatable bonds is 1. The Morgan fingerprint density at radius 2 is 2.27 bits per heavy atom. The van der Waals surface area contributed by atoms with Gasteiger partial charge in [-0.1, -0.05) is 6.92 Å². The SMILES string of the molecule is CCC1NC(=O)CN(C)C1=O. The Morgan fingerprint density at radius 1 is 1.64 bits per heavy atom. The Morgan fingerprint density at radius 3 is 2.82 bits per heavy atom. The second-order valence-electron chi connectivity index (χ2n) is 2.72. The Kier molecular flexibility index (Phi) is 2.12. The van der Waals surface area contributed by atoms with E-state index in [2.05, 4.69) is 5.32 Å². The highest BCUT2D eigenvalue weighted by Crippen LogP contribution is 2.02. The first kappa shape index (κ1) is 8.04. The predicted octanol–water partition coefficient (Wildman–Crippen LogP) is -0.647. The van der Waals surface area contributed by atoms with Crippen molar-refractivity contribution < 1.29 is 9.59 Å². The molecule has 1 atom stereocenters. The third kappa shape index (κ3) is 1.50. The number of nitrogens with zero attached hydrogens (tertiary/aromatic N) is 1. The highest BCUT2D eigenvalue weighted by Gasteiger charge is 2.28. The maximum Gasteiger partial charge on any atom is 0.245 e. The zero-order chi connectivity index (χ0) is 8.43. The van der Waals surface area contributed by atoms with Gasteiger partial charge in [-0.05, 0) is 6.42 Å². The van der Waals surface area contributed by atoms with Crippen molar-refractivity contribution in [3.8, 4) is 0 Å². The molecule has 0 radical (unpaired) electrons. The molecule has 4 heteroatoms. The lowest BCUT2D eigenvalue weighted by Crippen LogP contribution is -2.56. The molecule has 0 aromatic heterocycles. The third-order valence-corrected chi connectivity index (χ3v) is 1.80. The summed E-state index contributed by atoms with van der Waals surface area (Å²) in [5.74, 6) is -0.0638. The van der Waals surface area contributed by atoms with E-state index in [4.69, 9.17) is 0 Å². The fourth-order valence-corrected chi connectivity index (χ4v) is 1.14. The lowest BCUT2D eigenvalue weighted by Gasteiger charge is -2.28.